The highest BCUT2D eigenvalue weighted by atomic mass is 16.5. The van der Waals surface area contributed by atoms with Crippen LogP contribution < -0.4 is 19.5 Å². The molecule has 2 aromatic carbocycles. The number of benzene rings is 2. The molecule has 0 aliphatic carbocycles. The van der Waals surface area contributed by atoms with Gasteiger partial charge in [0.05, 0.1) is 13.2 Å². The highest BCUT2D eigenvalue weighted by Crippen LogP contribution is 2.26. The van der Waals surface area contributed by atoms with E-state index >= 15 is 0 Å². The molecule has 5 heteroatoms. The second-order valence-electron chi connectivity index (χ2n) is 5.80. The molecular weight excluding hydrogens is 330 g/mol. The lowest BCUT2D eigenvalue weighted by atomic mass is 10.2. The average Bonchev–Trinajstić information content (AvgIpc) is 2.66. The molecule has 0 aliphatic rings. The maximum absolute atomic E-state index is 12.1. The molecule has 140 valence electrons. The van der Waals surface area contributed by atoms with Gasteiger partial charge in [-0.2, -0.15) is 0 Å². The number of nitrogens with one attached hydrogen (secondary N) is 1. The third kappa shape index (κ3) is 6.67. The van der Waals surface area contributed by atoms with E-state index in [1.807, 2.05) is 49.4 Å². The number of rotatable bonds is 11. The Morgan fingerprint density at radius 2 is 1.58 bits per heavy atom. The van der Waals surface area contributed by atoms with Crippen LogP contribution in [0.4, 0.5) is 5.69 Å². The summed E-state index contributed by atoms with van der Waals surface area (Å²) in [7, 11) is 0. The zero-order valence-corrected chi connectivity index (χ0v) is 15.5. The Hall–Kier alpha value is -2.69. The molecule has 0 atom stereocenters. The zero-order chi connectivity index (χ0) is 18.6. The quantitative estimate of drug-likeness (QED) is 0.594. The molecule has 2 rings (SSSR count). The Kier molecular flexibility index (Phi) is 8.33. The third-order valence-corrected chi connectivity index (χ3v) is 3.66. The van der Waals surface area contributed by atoms with E-state index in [-0.39, 0.29) is 12.5 Å². The first-order valence-corrected chi connectivity index (χ1v) is 9.10. The van der Waals surface area contributed by atoms with E-state index in [1.54, 1.807) is 6.07 Å². The minimum Gasteiger partial charge on any atom is -0.494 e. The summed E-state index contributed by atoms with van der Waals surface area (Å²) in [5.74, 6) is 1.77. The molecule has 0 heterocycles. The summed E-state index contributed by atoms with van der Waals surface area (Å²) in [5, 5.41) is 2.81. The van der Waals surface area contributed by atoms with Crippen molar-refractivity contribution in [2.75, 3.05) is 25.1 Å². The minimum atomic E-state index is -0.229. The molecule has 0 fully saturated rings. The SMILES string of the molecule is CCCCCOc1ccc(NC(=O)COc2ccccc2OCC)cc1. The lowest BCUT2D eigenvalue weighted by molar-refractivity contribution is -0.118. The van der Waals surface area contributed by atoms with Crippen LogP contribution in [0.3, 0.4) is 0 Å². The van der Waals surface area contributed by atoms with Crippen molar-refractivity contribution < 1.29 is 19.0 Å². The maximum atomic E-state index is 12.1. The van der Waals surface area contributed by atoms with Crippen LogP contribution in [0.1, 0.15) is 33.1 Å². The molecule has 5 nitrogen and oxygen atoms in total. The van der Waals surface area contributed by atoms with Crippen LogP contribution in [0.2, 0.25) is 0 Å². The molecule has 0 unspecified atom stereocenters. The fraction of sp³-hybridized carbons (Fsp3) is 0.381. The van der Waals surface area contributed by atoms with E-state index in [0.717, 1.165) is 12.2 Å². The molecule has 0 bridgehead atoms. The van der Waals surface area contributed by atoms with Gasteiger partial charge in [-0.1, -0.05) is 31.9 Å². The number of hydrogen-bond acceptors (Lipinski definition) is 4. The summed E-state index contributed by atoms with van der Waals surface area (Å²) in [6, 6.07) is 14.7. The summed E-state index contributed by atoms with van der Waals surface area (Å²) in [6.07, 6.45) is 3.39. The van der Waals surface area contributed by atoms with E-state index in [2.05, 4.69) is 12.2 Å². The first-order chi connectivity index (χ1) is 12.7. The van der Waals surface area contributed by atoms with E-state index < -0.39 is 0 Å². The highest BCUT2D eigenvalue weighted by molar-refractivity contribution is 5.91. The monoisotopic (exact) mass is 357 g/mol. The number of ether oxygens (including phenoxy) is 3. The number of anilines is 1. The van der Waals surface area contributed by atoms with Gasteiger partial charge < -0.3 is 19.5 Å². The molecule has 0 spiro atoms. The van der Waals surface area contributed by atoms with Crippen molar-refractivity contribution in [2.45, 2.75) is 33.1 Å². The van der Waals surface area contributed by atoms with E-state index in [0.29, 0.717) is 30.4 Å². The topological polar surface area (TPSA) is 56.8 Å². The van der Waals surface area contributed by atoms with Gasteiger partial charge in [0.15, 0.2) is 18.1 Å². The zero-order valence-electron chi connectivity index (χ0n) is 15.5. The van der Waals surface area contributed by atoms with Gasteiger partial charge in [0.2, 0.25) is 0 Å². The lowest BCUT2D eigenvalue weighted by Gasteiger charge is -2.12. The van der Waals surface area contributed by atoms with Crippen LogP contribution in [-0.4, -0.2) is 25.7 Å². The molecule has 0 saturated heterocycles. The number of unbranched alkanes of at least 4 members (excludes halogenated alkanes) is 2. The van der Waals surface area contributed by atoms with Crippen LogP contribution in [0.15, 0.2) is 48.5 Å². The molecule has 26 heavy (non-hydrogen) atoms. The third-order valence-electron chi connectivity index (χ3n) is 3.66. The fourth-order valence-electron chi connectivity index (χ4n) is 2.36. The van der Waals surface area contributed by atoms with Gasteiger partial charge in [0.1, 0.15) is 5.75 Å². The number of carbonyl (C=O) groups is 1. The number of hydrogen-bond donors (Lipinski definition) is 1. The van der Waals surface area contributed by atoms with E-state index in [4.69, 9.17) is 14.2 Å². The number of carbonyl (C=O) groups excluding carboxylic acids is 1. The second kappa shape index (κ2) is 11.0. The van der Waals surface area contributed by atoms with Crippen molar-refractivity contribution >= 4 is 11.6 Å². The maximum Gasteiger partial charge on any atom is 0.262 e. The summed E-state index contributed by atoms with van der Waals surface area (Å²) < 4.78 is 16.7. The first kappa shape index (κ1) is 19.6. The Morgan fingerprint density at radius 1 is 0.885 bits per heavy atom. The van der Waals surface area contributed by atoms with Crippen molar-refractivity contribution in [1.29, 1.82) is 0 Å². The predicted octanol–water partition coefficient (Wildman–Crippen LogP) is 4.67. The molecule has 0 aliphatic heterocycles. The van der Waals surface area contributed by atoms with Gasteiger partial charge in [-0.25, -0.2) is 0 Å². The largest absolute Gasteiger partial charge is 0.494 e. The molecule has 0 aromatic heterocycles. The van der Waals surface area contributed by atoms with Crippen molar-refractivity contribution in [1.82, 2.24) is 0 Å². The van der Waals surface area contributed by atoms with Crippen LogP contribution >= 0.6 is 0 Å². The van der Waals surface area contributed by atoms with Crippen LogP contribution in [-0.2, 0) is 4.79 Å². The smallest absolute Gasteiger partial charge is 0.262 e. The predicted molar refractivity (Wildman–Crippen MR) is 103 cm³/mol. The summed E-state index contributed by atoms with van der Waals surface area (Å²) >= 11 is 0. The Labute approximate surface area is 155 Å². The number of para-hydroxylation sites is 2. The minimum absolute atomic E-state index is 0.0840. The van der Waals surface area contributed by atoms with Crippen molar-refractivity contribution in [2.24, 2.45) is 0 Å². The van der Waals surface area contributed by atoms with Gasteiger partial charge in [-0.3, -0.25) is 4.79 Å². The lowest BCUT2D eigenvalue weighted by Crippen LogP contribution is -2.20. The molecule has 1 amide bonds. The average molecular weight is 357 g/mol. The standard InChI is InChI=1S/C21H27NO4/c1-3-5-8-15-25-18-13-11-17(12-14-18)22-21(23)16-26-20-10-7-6-9-19(20)24-4-2/h6-7,9-14H,3-5,8,15-16H2,1-2H3,(H,22,23). The number of amides is 1. The van der Waals surface area contributed by atoms with E-state index in [9.17, 15) is 4.79 Å². The van der Waals surface area contributed by atoms with E-state index in [1.165, 1.54) is 12.8 Å². The van der Waals surface area contributed by atoms with Crippen LogP contribution in [0.5, 0.6) is 17.2 Å². The van der Waals surface area contributed by atoms with Crippen molar-refractivity contribution in [3.8, 4) is 17.2 Å². The molecule has 0 saturated carbocycles. The van der Waals surface area contributed by atoms with Gasteiger partial charge >= 0.3 is 0 Å². The summed E-state index contributed by atoms with van der Waals surface area (Å²) in [4.78, 5) is 12.1. The second-order valence-corrected chi connectivity index (χ2v) is 5.80. The summed E-state index contributed by atoms with van der Waals surface area (Å²) in [5.41, 5.74) is 0.706. The molecule has 2 aromatic rings. The van der Waals surface area contributed by atoms with Gasteiger partial charge in [-0.15, -0.1) is 0 Å². The van der Waals surface area contributed by atoms with Crippen LogP contribution in [0.25, 0.3) is 0 Å². The van der Waals surface area contributed by atoms with Gasteiger partial charge in [0, 0.05) is 5.69 Å². The van der Waals surface area contributed by atoms with Gasteiger partial charge in [-0.05, 0) is 49.7 Å². The van der Waals surface area contributed by atoms with Crippen LogP contribution in [0, 0.1) is 0 Å². The molecule has 0 radical (unpaired) electrons. The fourth-order valence-corrected chi connectivity index (χ4v) is 2.36. The molecule has 1 N–H and O–H groups in total. The Balaban J connectivity index is 1.79. The Morgan fingerprint density at radius 3 is 2.23 bits per heavy atom. The first-order valence-electron chi connectivity index (χ1n) is 9.10. The van der Waals surface area contributed by atoms with Crippen molar-refractivity contribution in [3.05, 3.63) is 48.5 Å². The van der Waals surface area contributed by atoms with Crippen molar-refractivity contribution in [3.63, 3.8) is 0 Å². The summed E-state index contributed by atoms with van der Waals surface area (Å²) in [6.45, 7) is 5.24. The highest BCUT2D eigenvalue weighted by Gasteiger charge is 2.08. The van der Waals surface area contributed by atoms with Gasteiger partial charge in [0.25, 0.3) is 5.91 Å². The molecular formula is C21H27NO4. The normalized spacial score (nSPS) is 10.2. The Bertz CT molecular complexity index is 670.